The highest BCUT2D eigenvalue weighted by atomic mass is 32.2. The summed E-state index contributed by atoms with van der Waals surface area (Å²) in [4.78, 5) is 1.26. The predicted molar refractivity (Wildman–Crippen MR) is 67.3 cm³/mol. The van der Waals surface area contributed by atoms with E-state index in [1.165, 1.54) is 4.90 Å². The Morgan fingerprint density at radius 1 is 1.07 bits per heavy atom. The van der Waals surface area contributed by atoms with E-state index in [-0.39, 0.29) is 4.75 Å². The topological polar surface area (TPSA) is 20.2 Å². The van der Waals surface area contributed by atoms with Crippen LogP contribution in [0, 0.1) is 0 Å². The molecule has 1 aromatic rings. The van der Waals surface area contributed by atoms with E-state index < -0.39 is 5.60 Å². The number of hydrogen-bond acceptors (Lipinski definition) is 2. The monoisotopic (exact) mass is 224 g/mol. The minimum Gasteiger partial charge on any atom is -0.390 e. The Morgan fingerprint density at radius 3 is 2.07 bits per heavy atom. The molecule has 0 unspecified atom stereocenters. The van der Waals surface area contributed by atoms with Crippen molar-refractivity contribution in [2.24, 2.45) is 0 Å². The lowest BCUT2D eigenvalue weighted by atomic mass is 9.96. The van der Waals surface area contributed by atoms with Gasteiger partial charge in [0.15, 0.2) is 0 Å². The Bertz CT molecular complexity index is 298. The van der Waals surface area contributed by atoms with Gasteiger partial charge in [0.25, 0.3) is 0 Å². The van der Waals surface area contributed by atoms with Gasteiger partial charge in [0.2, 0.25) is 0 Å². The Morgan fingerprint density at radius 2 is 1.60 bits per heavy atom. The van der Waals surface area contributed by atoms with E-state index >= 15 is 0 Å². The maximum absolute atomic E-state index is 9.82. The minimum absolute atomic E-state index is 0.0552. The molecule has 0 aromatic heterocycles. The highest BCUT2D eigenvalue weighted by Crippen LogP contribution is 2.37. The molecule has 0 fully saturated rings. The largest absolute Gasteiger partial charge is 0.390 e. The predicted octanol–water partition coefficient (Wildman–Crippen LogP) is 3.72. The molecule has 0 spiro atoms. The van der Waals surface area contributed by atoms with Crippen LogP contribution < -0.4 is 0 Å². The molecule has 0 radical (unpaired) electrons. The second-order valence-corrected chi connectivity index (χ2v) is 6.94. The quantitative estimate of drug-likeness (QED) is 0.787. The van der Waals surface area contributed by atoms with Gasteiger partial charge in [-0.2, -0.15) is 0 Å². The Kier molecular flexibility index (Phi) is 3.85. The molecule has 0 aliphatic heterocycles. The van der Waals surface area contributed by atoms with Gasteiger partial charge >= 0.3 is 0 Å². The van der Waals surface area contributed by atoms with Crippen LogP contribution in [0.25, 0.3) is 0 Å². The van der Waals surface area contributed by atoms with Crippen molar-refractivity contribution in [1.29, 1.82) is 0 Å². The summed E-state index contributed by atoms with van der Waals surface area (Å²) in [6, 6.07) is 10.3. The van der Waals surface area contributed by atoms with Gasteiger partial charge in [0, 0.05) is 9.64 Å². The first-order valence-electron chi connectivity index (χ1n) is 5.25. The van der Waals surface area contributed by atoms with Crippen molar-refractivity contribution in [3.8, 4) is 0 Å². The van der Waals surface area contributed by atoms with Crippen molar-refractivity contribution in [1.82, 2.24) is 0 Å². The van der Waals surface area contributed by atoms with E-state index in [0.29, 0.717) is 0 Å². The lowest BCUT2D eigenvalue weighted by Gasteiger charge is -2.30. The third kappa shape index (κ3) is 5.24. The molecular formula is C13H20OS. The zero-order valence-corrected chi connectivity index (χ0v) is 10.8. The molecule has 0 aliphatic carbocycles. The van der Waals surface area contributed by atoms with Crippen molar-refractivity contribution in [2.45, 2.75) is 49.4 Å². The smallest absolute Gasteiger partial charge is 0.0604 e. The number of hydrogen-bond donors (Lipinski definition) is 1. The van der Waals surface area contributed by atoms with Crippen LogP contribution in [0.1, 0.15) is 34.1 Å². The molecule has 0 atom stereocenters. The molecule has 1 rings (SSSR count). The first-order valence-corrected chi connectivity index (χ1v) is 6.07. The summed E-state index contributed by atoms with van der Waals surface area (Å²) in [5.74, 6) is 0. The summed E-state index contributed by atoms with van der Waals surface area (Å²) in [6.07, 6.45) is 0.777. The zero-order valence-electron chi connectivity index (χ0n) is 9.95. The lowest BCUT2D eigenvalue weighted by molar-refractivity contribution is 0.0629. The first kappa shape index (κ1) is 12.6. The SMILES string of the molecule is CC(C)(O)CC(C)(C)Sc1ccccc1. The van der Waals surface area contributed by atoms with Crippen molar-refractivity contribution < 1.29 is 5.11 Å². The van der Waals surface area contributed by atoms with Gasteiger partial charge in [-0.15, -0.1) is 11.8 Å². The van der Waals surface area contributed by atoms with Crippen LogP contribution in [0.3, 0.4) is 0 Å². The highest BCUT2D eigenvalue weighted by Gasteiger charge is 2.27. The summed E-state index contributed by atoms with van der Waals surface area (Å²) in [5.41, 5.74) is -0.606. The zero-order chi connectivity index (χ0) is 11.5. The standard InChI is InChI=1S/C13H20OS/c1-12(2,14)10-13(3,4)15-11-8-6-5-7-9-11/h5-9,14H,10H2,1-4H3. The molecule has 1 nitrogen and oxygen atoms in total. The molecule has 84 valence electrons. The summed E-state index contributed by atoms with van der Waals surface area (Å²) >= 11 is 1.81. The fourth-order valence-corrected chi connectivity index (χ4v) is 3.24. The van der Waals surface area contributed by atoms with Crippen LogP contribution in [0.5, 0.6) is 0 Å². The van der Waals surface area contributed by atoms with E-state index in [0.717, 1.165) is 6.42 Å². The Hall–Kier alpha value is -0.470. The van der Waals surface area contributed by atoms with Gasteiger partial charge < -0.3 is 5.11 Å². The van der Waals surface area contributed by atoms with Crippen molar-refractivity contribution >= 4 is 11.8 Å². The molecule has 0 saturated carbocycles. The number of aliphatic hydroxyl groups is 1. The molecule has 1 aromatic carbocycles. The van der Waals surface area contributed by atoms with Crippen molar-refractivity contribution in [3.05, 3.63) is 30.3 Å². The summed E-state index contributed by atoms with van der Waals surface area (Å²) in [7, 11) is 0. The molecule has 0 heterocycles. The average Bonchev–Trinajstić information content (AvgIpc) is 1.99. The molecule has 2 heteroatoms. The Labute approximate surface area is 96.9 Å². The number of rotatable bonds is 4. The van der Waals surface area contributed by atoms with Crippen LogP contribution in [0.4, 0.5) is 0 Å². The van der Waals surface area contributed by atoms with Crippen molar-refractivity contribution in [3.63, 3.8) is 0 Å². The fraction of sp³-hybridized carbons (Fsp3) is 0.538. The van der Waals surface area contributed by atoms with Crippen LogP contribution >= 0.6 is 11.8 Å². The van der Waals surface area contributed by atoms with Gasteiger partial charge in [-0.05, 0) is 32.4 Å². The summed E-state index contributed by atoms with van der Waals surface area (Å²) in [6.45, 7) is 8.06. The molecular weight excluding hydrogens is 204 g/mol. The number of thioether (sulfide) groups is 1. The normalized spacial score (nSPS) is 12.9. The molecule has 0 aliphatic rings. The van der Waals surface area contributed by atoms with Crippen LogP contribution in [0.15, 0.2) is 35.2 Å². The van der Waals surface area contributed by atoms with E-state index in [1.54, 1.807) is 0 Å². The van der Waals surface area contributed by atoms with E-state index in [1.807, 2.05) is 43.8 Å². The molecule has 15 heavy (non-hydrogen) atoms. The van der Waals surface area contributed by atoms with E-state index in [9.17, 15) is 5.11 Å². The summed E-state index contributed by atoms with van der Waals surface area (Å²) < 4.78 is 0.0552. The van der Waals surface area contributed by atoms with Gasteiger partial charge in [-0.25, -0.2) is 0 Å². The minimum atomic E-state index is -0.606. The fourth-order valence-electron chi connectivity index (χ4n) is 1.89. The van der Waals surface area contributed by atoms with E-state index in [4.69, 9.17) is 0 Å². The third-order valence-electron chi connectivity index (χ3n) is 2.00. The lowest BCUT2D eigenvalue weighted by Crippen LogP contribution is -2.30. The van der Waals surface area contributed by atoms with Crippen molar-refractivity contribution in [2.75, 3.05) is 0 Å². The van der Waals surface area contributed by atoms with Gasteiger partial charge in [-0.3, -0.25) is 0 Å². The van der Waals surface area contributed by atoms with Gasteiger partial charge in [0.1, 0.15) is 0 Å². The summed E-state index contributed by atoms with van der Waals surface area (Å²) in [5, 5.41) is 9.82. The maximum Gasteiger partial charge on any atom is 0.0604 e. The third-order valence-corrected chi connectivity index (χ3v) is 3.20. The Balaban J connectivity index is 2.65. The van der Waals surface area contributed by atoms with Crippen LogP contribution in [-0.4, -0.2) is 15.5 Å². The average molecular weight is 224 g/mol. The maximum atomic E-state index is 9.82. The second-order valence-electron chi connectivity index (χ2n) is 5.16. The van der Waals surface area contributed by atoms with Crippen LogP contribution in [-0.2, 0) is 0 Å². The van der Waals surface area contributed by atoms with Gasteiger partial charge in [0.05, 0.1) is 5.60 Å². The first-order chi connectivity index (χ1) is 6.79. The van der Waals surface area contributed by atoms with Gasteiger partial charge in [-0.1, -0.05) is 32.0 Å². The molecule has 0 amide bonds. The molecule has 0 bridgehead atoms. The second kappa shape index (κ2) is 4.58. The highest BCUT2D eigenvalue weighted by molar-refractivity contribution is 8.00. The van der Waals surface area contributed by atoms with E-state index in [2.05, 4.69) is 26.0 Å². The molecule has 0 saturated heterocycles. The number of benzene rings is 1. The van der Waals surface area contributed by atoms with Crippen LogP contribution in [0.2, 0.25) is 0 Å². The molecule has 1 N–H and O–H groups in total.